The van der Waals surface area contributed by atoms with E-state index in [1.807, 2.05) is 0 Å². The lowest BCUT2D eigenvalue weighted by Crippen LogP contribution is -2.55. The summed E-state index contributed by atoms with van der Waals surface area (Å²) in [5, 5.41) is 0. The zero-order chi connectivity index (χ0) is 7.83. The zero-order valence-corrected chi connectivity index (χ0v) is 6.16. The summed E-state index contributed by atoms with van der Waals surface area (Å²) < 4.78 is 25.7. The molecule has 2 N–H and O–H groups in total. The average Bonchev–Trinajstić information content (AvgIpc) is 1.77. The van der Waals surface area contributed by atoms with Gasteiger partial charge >= 0.3 is 0 Å². The van der Waals surface area contributed by atoms with Crippen molar-refractivity contribution < 1.29 is 8.78 Å². The Kier molecular flexibility index (Phi) is 1.71. The molecule has 0 aromatic carbocycles. The van der Waals surface area contributed by atoms with E-state index in [4.69, 9.17) is 5.73 Å². The van der Waals surface area contributed by atoms with Crippen LogP contribution in [0.4, 0.5) is 8.78 Å². The summed E-state index contributed by atoms with van der Waals surface area (Å²) in [6.45, 7) is 1.44. The highest BCUT2D eigenvalue weighted by molar-refractivity contribution is 4.96. The summed E-state index contributed by atoms with van der Waals surface area (Å²) in [6.07, 6.45) is 1.85. The van der Waals surface area contributed by atoms with Gasteiger partial charge in [0.15, 0.2) is 0 Å². The van der Waals surface area contributed by atoms with Crippen LogP contribution in [-0.2, 0) is 0 Å². The molecule has 1 nitrogen and oxygen atoms in total. The number of halogens is 2. The van der Waals surface area contributed by atoms with Gasteiger partial charge in [0.2, 0.25) is 0 Å². The average molecular weight is 149 g/mol. The molecule has 0 saturated heterocycles. The molecule has 0 bridgehead atoms. The molecule has 0 aliphatic heterocycles. The highest BCUT2D eigenvalue weighted by Crippen LogP contribution is 2.39. The van der Waals surface area contributed by atoms with Crippen LogP contribution >= 0.6 is 0 Å². The van der Waals surface area contributed by atoms with Crippen LogP contribution in [-0.4, -0.2) is 11.5 Å². The van der Waals surface area contributed by atoms with Crippen molar-refractivity contribution in [3.8, 4) is 0 Å². The molecule has 1 aliphatic carbocycles. The molecule has 60 valence electrons. The Morgan fingerprint density at radius 1 is 1.20 bits per heavy atom. The third-order valence-electron chi connectivity index (χ3n) is 2.27. The van der Waals surface area contributed by atoms with Crippen molar-refractivity contribution in [2.24, 2.45) is 5.73 Å². The molecule has 0 aromatic heterocycles. The van der Waals surface area contributed by atoms with E-state index in [-0.39, 0.29) is 6.42 Å². The standard InChI is InChI=1S/C7H13F2N/c1-6(10)4-2-3-5-7(6,8)9/h2-5,10H2,1H3/t6-/m0/s1. The van der Waals surface area contributed by atoms with Gasteiger partial charge in [-0.3, -0.25) is 0 Å². The fourth-order valence-corrected chi connectivity index (χ4v) is 1.31. The van der Waals surface area contributed by atoms with E-state index >= 15 is 0 Å². The number of hydrogen-bond donors (Lipinski definition) is 1. The normalized spacial score (nSPS) is 39.6. The summed E-state index contributed by atoms with van der Waals surface area (Å²) in [5.41, 5.74) is 4.15. The molecule has 1 atom stereocenters. The van der Waals surface area contributed by atoms with Gasteiger partial charge in [0, 0.05) is 6.42 Å². The summed E-state index contributed by atoms with van der Waals surface area (Å²) in [6, 6.07) is 0. The Balaban J connectivity index is 2.70. The smallest absolute Gasteiger partial charge is 0.265 e. The van der Waals surface area contributed by atoms with Gasteiger partial charge in [0.1, 0.15) is 0 Å². The molecule has 1 saturated carbocycles. The molecule has 0 amide bonds. The van der Waals surface area contributed by atoms with Crippen LogP contribution in [0.3, 0.4) is 0 Å². The maximum absolute atomic E-state index is 12.9. The van der Waals surface area contributed by atoms with Crippen LogP contribution in [0.5, 0.6) is 0 Å². The van der Waals surface area contributed by atoms with Gasteiger partial charge in [-0.1, -0.05) is 6.42 Å². The summed E-state index contributed by atoms with van der Waals surface area (Å²) >= 11 is 0. The van der Waals surface area contributed by atoms with Crippen LogP contribution < -0.4 is 5.73 Å². The predicted molar refractivity (Wildman–Crippen MR) is 36.0 cm³/mol. The van der Waals surface area contributed by atoms with Gasteiger partial charge < -0.3 is 5.73 Å². The van der Waals surface area contributed by atoms with E-state index in [1.54, 1.807) is 0 Å². The van der Waals surface area contributed by atoms with Crippen molar-refractivity contribution in [2.45, 2.75) is 44.1 Å². The number of alkyl halides is 2. The first-order chi connectivity index (χ1) is 4.46. The lowest BCUT2D eigenvalue weighted by atomic mass is 9.81. The van der Waals surface area contributed by atoms with Gasteiger partial charge in [0.05, 0.1) is 5.54 Å². The molecule has 1 fully saturated rings. The van der Waals surface area contributed by atoms with Crippen molar-refractivity contribution in [1.82, 2.24) is 0 Å². The minimum absolute atomic E-state index is 0.0417. The van der Waals surface area contributed by atoms with Gasteiger partial charge in [-0.15, -0.1) is 0 Å². The first-order valence-electron chi connectivity index (χ1n) is 3.62. The molecule has 0 unspecified atom stereocenters. The second kappa shape index (κ2) is 2.16. The molecular formula is C7H13F2N. The van der Waals surface area contributed by atoms with Gasteiger partial charge in [-0.05, 0) is 19.8 Å². The van der Waals surface area contributed by atoms with E-state index in [9.17, 15) is 8.78 Å². The van der Waals surface area contributed by atoms with Gasteiger partial charge in [-0.2, -0.15) is 0 Å². The van der Waals surface area contributed by atoms with Crippen molar-refractivity contribution >= 4 is 0 Å². The molecule has 0 spiro atoms. The topological polar surface area (TPSA) is 26.0 Å². The third kappa shape index (κ3) is 1.15. The van der Waals surface area contributed by atoms with E-state index in [1.165, 1.54) is 6.92 Å². The van der Waals surface area contributed by atoms with Crippen LogP contribution in [0.15, 0.2) is 0 Å². The van der Waals surface area contributed by atoms with Gasteiger partial charge in [0.25, 0.3) is 5.92 Å². The molecule has 1 rings (SSSR count). The Morgan fingerprint density at radius 2 is 1.70 bits per heavy atom. The SMILES string of the molecule is C[C@]1(N)CCCCC1(F)F. The van der Waals surface area contributed by atoms with E-state index < -0.39 is 11.5 Å². The van der Waals surface area contributed by atoms with E-state index in [0.717, 1.165) is 6.42 Å². The largest absolute Gasteiger partial charge is 0.320 e. The number of rotatable bonds is 0. The maximum atomic E-state index is 12.9. The summed E-state index contributed by atoms with van der Waals surface area (Å²) in [4.78, 5) is 0. The summed E-state index contributed by atoms with van der Waals surface area (Å²) in [7, 11) is 0. The Hall–Kier alpha value is -0.180. The number of hydrogen-bond acceptors (Lipinski definition) is 1. The fourth-order valence-electron chi connectivity index (χ4n) is 1.31. The van der Waals surface area contributed by atoms with E-state index in [0.29, 0.717) is 12.8 Å². The minimum Gasteiger partial charge on any atom is -0.320 e. The van der Waals surface area contributed by atoms with Gasteiger partial charge in [-0.25, -0.2) is 8.78 Å². The Bertz CT molecular complexity index is 116. The highest BCUT2D eigenvalue weighted by atomic mass is 19.3. The van der Waals surface area contributed by atoms with Crippen molar-refractivity contribution in [1.29, 1.82) is 0 Å². The molecule has 10 heavy (non-hydrogen) atoms. The van der Waals surface area contributed by atoms with Crippen molar-refractivity contribution in [3.63, 3.8) is 0 Å². The van der Waals surface area contributed by atoms with Crippen LogP contribution in [0.25, 0.3) is 0 Å². The Morgan fingerprint density at radius 3 is 2.00 bits per heavy atom. The lowest BCUT2D eigenvalue weighted by molar-refractivity contribution is -0.0941. The second-order valence-corrected chi connectivity index (χ2v) is 3.33. The van der Waals surface area contributed by atoms with Crippen LogP contribution in [0, 0.1) is 0 Å². The Labute approximate surface area is 59.6 Å². The molecule has 0 aromatic rings. The third-order valence-corrected chi connectivity index (χ3v) is 2.27. The van der Waals surface area contributed by atoms with Crippen molar-refractivity contribution in [2.75, 3.05) is 0 Å². The summed E-state index contributed by atoms with van der Waals surface area (Å²) in [5.74, 6) is -2.65. The zero-order valence-electron chi connectivity index (χ0n) is 6.16. The highest BCUT2D eigenvalue weighted by Gasteiger charge is 2.48. The van der Waals surface area contributed by atoms with E-state index in [2.05, 4.69) is 0 Å². The lowest BCUT2D eigenvalue weighted by Gasteiger charge is -2.37. The van der Waals surface area contributed by atoms with Crippen molar-refractivity contribution in [3.05, 3.63) is 0 Å². The minimum atomic E-state index is -2.65. The molecular weight excluding hydrogens is 136 g/mol. The first-order valence-corrected chi connectivity index (χ1v) is 3.62. The quantitative estimate of drug-likeness (QED) is 0.559. The molecule has 3 heteroatoms. The molecule has 0 radical (unpaired) electrons. The second-order valence-electron chi connectivity index (χ2n) is 3.33. The molecule has 1 aliphatic rings. The number of nitrogens with two attached hydrogens (primary N) is 1. The maximum Gasteiger partial charge on any atom is 0.265 e. The van der Waals surface area contributed by atoms with Crippen LogP contribution in [0.2, 0.25) is 0 Å². The van der Waals surface area contributed by atoms with Crippen LogP contribution in [0.1, 0.15) is 32.6 Å². The fraction of sp³-hybridized carbons (Fsp3) is 1.00. The first kappa shape index (κ1) is 7.92. The molecule has 0 heterocycles. The monoisotopic (exact) mass is 149 g/mol. The predicted octanol–water partition coefficient (Wildman–Crippen LogP) is 1.91.